The first-order chi connectivity index (χ1) is 43.5. The number of rotatable bonds is 77. The lowest BCUT2D eigenvalue weighted by Crippen LogP contribution is -2.45. The van der Waals surface area contributed by atoms with Crippen LogP contribution in [0.3, 0.4) is 0 Å². The van der Waals surface area contributed by atoms with Crippen LogP contribution >= 0.6 is 0 Å². The number of carbonyl (C=O) groups excluding carboxylic acids is 2. The van der Waals surface area contributed by atoms with Crippen molar-refractivity contribution in [3.63, 3.8) is 0 Å². The Labute approximate surface area is 551 Å². The highest BCUT2D eigenvalue weighted by Gasteiger charge is 2.20. The van der Waals surface area contributed by atoms with E-state index in [-0.39, 0.29) is 18.5 Å². The van der Waals surface area contributed by atoms with Crippen molar-refractivity contribution in [2.45, 2.75) is 475 Å². The van der Waals surface area contributed by atoms with Gasteiger partial charge in [-0.05, 0) is 57.8 Å². The zero-order chi connectivity index (χ0) is 63.5. The van der Waals surface area contributed by atoms with Crippen LogP contribution < -0.4 is 5.32 Å². The molecule has 1 amide bonds. The summed E-state index contributed by atoms with van der Waals surface area (Å²) in [6, 6.07) is -0.541. The van der Waals surface area contributed by atoms with E-state index >= 15 is 0 Å². The van der Waals surface area contributed by atoms with E-state index in [9.17, 15) is 19.8 Å². The number of ether oxygens (including phenoxy) is 1. The summed E-state index contributed by atoms with van der Waals surface area (Å²) in [4.78, 5) is 24.7. The molecule has 0 radical (unpaired) electrons. The van der Waals surface area contributed by atoms with Gasteiger partial charge in [0.2, 0.25) is 5.91 Å². The second-order valence-corrected chi connectivity index (χ2v) is 28.1. The smallest absolute Gasteiger partial charge is 0.305 e. The third-order valence-electron chi connectivity index (χ3n) is 19.3. The van der Waals surface area contributed by atoms with Crippen LogP contribution in [0.15, 0.2) is 24.3 Å². The standard InChI is InChI=1S/C82H159NO5/c1-3-5-7-9-11-13-15-17-19-21-38-42-46-50-54-58-62-66-70-74-80(85)79(78-84)83-81(86)75-71-67-63-59-55-51-47-43-40-36-34-32-30-28-26-24-23-25-27-29-31-33-35-37-41-45-49-53-57-61-65-69-73-77-88-82(87)76-72-68-64-60-56-52-48-44-39-22-20-18-16-14-12-10-8-6-4-2/h27,29,33,35,79-80,84-85H,3-26,28,30-32,34,36-78H2,1-2H3,(H,83,86)/b29-27-,35-33-. The average molecular weight is 1240 g/mol. The number of aliphatic hydroxyl groups excluding tert-OH is 2. The molecule has 3 N–H and O–H groups in total. The third kappa shape index (κ3) is 73.4. The van der Waals surface area contributed by atoms with E-state index in [4.69, 9.17) is 4.74 Å². The van der Waals surface area contributed by atoms with Gasteiger partial charge in [-0.1, -0.05) is 417 Å². The summed E-state index contributed by atoms with van der Waals surface area (Å²) in [7, 11) is 0. The van der Waals surface area contributed by atoms with Crippen molar-refractivity contribution >= 4 is 11.9 Å². The number of esters is 1. The van der Waals surface area contributed by atoms with E-state index in [1.165, 1.54) is 385 Å². The largest absolute Gasteiger partial charge is 0.466 e. The van der Waals surface area contributed by atoms with E-state index in [2.05, 4.69) is 43.5 Å². The molecule has 0 aliphatic rings. The fourth-order valence-corrected chi connectivity index (χ4v) is 13.1. The second-order valence-electron chi connectivity index (χ2n) is 28.1. The van der Waals surface area contributed by atoms with Gasteiger partial charge in [-0.3, -0.25) is 9.59 Å². The van der Waals surface area contributed by atoms with Crippen LogP contribution in [0.5, 0.6) is 0 Å². The summed E-state index contributed by atoms with van der Waals surface area (Å²) in [5.74, 6) is -0.00806. The van der Waals surface area contributed by atoms with Crippen LogP contribution in [0.25, 0.3) is 0 Å². The van der Waals surface area contributed by atoms with Crippen molar-refractivity contribution in [2.24, 2.45) is 0 Å². The van der Waals surface area contributed by atoms with Gasteiger partial charge in [0.05, 0.1) is 25.4 Å². The minimum absolute atomic E-state index is 0.0201. The predicted molar refractivity (Wildman–Crippen MR) is 389 cm³/mol. The highest BCUT2D eigenvalue weighted by atomic mass is 16.5. The number of nitrogens with one attached hydrogen (secondary N) is 1. The predicted octanol–water partition coefficient (Wildman–Crippen LogP) is 26.8. The highest BCUT2D eigenvalue weighted by Crippen LogP contribution is 2.20. The lowest BCUT2D eigenvalue weighted by atomic mass is 10.0. The first-order valence-corrected chi connectivity index (χ1v) is 40.6. The normalized spacial score (nSPS) is 12.5. The van der Waals surface area contributed by atoms with Gasteiger partial charge in [-0.25, -0.2) is 0 Å². The number of hydrogen-bond donors (Lipinski definition) is 3. The Hall–Kier alpha value is -1.66. The minimum Gasteiger partial charge on any atom is -0.466 e. The number of allylic oxidation sites excluding steroid dienone is 4. The summed E-state index contributed by atoms with van der Waals surface area (Å²) in [6.45, 7) is 5.01. The minimum atomic E-state index is -0.664. The van der Waals surface area contributed by atoms with Gasteiger partial charge in [0, 0.05) is 12.8 Å². The maximum Gasteiger partial charge on any atom is 0.305 e. The van der Waals surface area contributed by atoms with E-state index in [0.29, 0.717) is 25.9 Å². The molecule has 0 saturated heterocycles. The third-order valence-corrected chi connectivity index (χ3v) is 19.3. The fraction of sp³-hybridized carbons (Fsp3) is 0.927. The van der Waals surface area contributed by atoms with Gasteiger partial charge in [0.25, 0.3) is 0 Å². The van der Waals surface area contributed by atoms with Gasteiger partial charge in [-0.2, -0.15) is 0 Å². The van der Waals surface area contributed by atoms with Gasteiger partial charge in [-0.15, -0.1) is 0 Å². The van der Waals surface area contributed by atoms with Crippen LogP contribution in [0.4, 0.5) is 0 Å². The van der Waals surface area contributed by atoms with Crippen molar-refractivity contribution in [1.82, 2.24) is 5.32 Å². The Morgan fingerprint density at radius 1 is 0.318 bits per heavy atom. The highest BCUT2D eigenvalue weighted by molar-refractivity contribution is 5.76. The monoisotopic (exact) mass is 1240 g/mol. The molecule has 88 heavy (non-hydrogen) atoms. The first-order valence-electron chi connectivity index (χ1n) is 40.6. The molecule has 0 aliphatic carbocycles. The molecule has 0 aromatic carbocycles. The summed E-state index contributed by atoms with van der Waals surface area (Å²) >= 11 is 0. The molecule has 0 rings (SSSR count). The molecule has 0 bridgehead atoms. The summed E-state index contributed by atoms with van der Waals surface area (Å²) in [5.41, 5.74) is 0. The molecule has 0 saturated carbocycles. The van der Waals surface area contributed by atoms with E-state index in [1.54, 1.807) is 0 Å². The van der Waals surface area contributed by atoms with Crippen molar-refractivity contribution < 1.29 is 24.5 Å². The lowest BCUT2D eigenvalue weighted by Gasteiger charge is -2.22. The fourth-order valence-electron chi connectivity index (χ4n) is 13.1. The molecule has 0 fully saturated rings. The maximum atomic E-state index is 12.6. The van der Waals surface area contributed by atoms with Gasteiger partial charge in [0.1, 0.15) is 0 Å². The summed E-state index contributed by atoms with van der Waals surface area (Å²) in [5, 5.41) is 23.4. The molecule has 0 aliphatic heterocycles. The molecule has 6 nitrogen and oxygen atoms in total. The number of hydrogen-bond acceptors (Lipinski definition) is 5. The molecule has 6 heteroatoms. The topological polar surface area (TPSA) is 95.9 Å². The maximum absolute atomic E-state index is 12.6. The van der Waals surface area contributed by atoms with Crippen LogP contribution in [-0.2, 0) is 14.3 Å². The van der Waals surface area contributed by atoms with Crippen LogP contribution in [0.2, 0.25) is 0 Å². The quantitative estimate of drug-likeness (QED) is 0.0320. The Kier molecular flexibility index (Phi) is 76.3. The zero-order valence-corrected chi connectivity index (χ0v) is 60.0. The van der Waals surface area contributed by atoms with Gasteiger partial charge in [0.15, 0.2) is 0 Å². The number of amides is 1. The Morgan fingerprint density at radius 2 is 0.568 bits per heavy atom. The molecule has 0 heterocycles. The molecular formula is C82H159NO5. The number of aliphatic hydroxyl groups is 2. The van der Waals surface area contributed by atoms with Crippen LogP contribution in [-0.4, -0.2) is 47.4 Å². The summed E-state index contributed by atoms with van der Waals surface area (Å²) in [6.07, 6.45) is 99.9. The van der Waals surface area contributed by atoms with Crippen molar-refractivity contribution in [1.29, 1.82) is 0 Å². The number of unbranched alkanes of at least 4 members (excludes halogenated alkanes) is 62. The van der Waals surface area contributed by atoms with Crippen LogP contribution in [0, 0.1) is 0 Å². The van der Waals surface area contributed by atoms with Gasteiger partial charge >= 0.3 is 5.97 Å². The molecule has 2 unspecified atom stereocenters. The SMILES string of the molecule is CCCCCCCCCCCCCCCCCCCCCC(=O)OCCCCCCCCCCC/C=C\C/C=C\CCCCCCCCCCCCCCCCCCCC(=O)NC(CO)C(O)CCCCCCCCCCCCCCCCCCCCC. The first kappa shape index (κ1) is 86.3. The molecule has 0 aromatic heterocycles. The second kappa shape index (κ2) is 77.8. The molecule has 0 spiro atoms. The van der Waals surface area contributed by atoms with Crippen molar-refractivity contribution in [3.05, 3.63) is 24.3 Å². The van der Waals surface area contributed by atoms with Gasteiger partial charge < -0.3 is 20.3 Å². The lowest BCUT2D eigenvalue weighted by molar-refractivity contribution is -0.143. The summed E-state index contributed by atoms with van der Waals surface area (Å²) < 4.78 is 5.52. The van der Waals surface area contributed by atoms with Crippen molar-refractivity contribution in [3.8, 4) is 0 Å². The molecule has 2 atom stereocenters. The Morgan fingerprint density at radius 3 is 0.864 bits per heavy atom. The Balaban J connectivity index is 3.36. The molecule has 0 aromatic rings. The van der Waals surface area contributed by atoms with E-state index < -0.39 is 12.1 Å². The Bertz CT molecular complexity index is 1380. The van der Waals surface area contributed by atoms with Crippen LogP contribution in [0.1, 0.15) is 463 Å². The number of carbonyl (C=O) groups is 2. The zero-order valence-electron chi connectivity index (χ0n) is 60.0. The average Bonchev–Trinajstić information content (AvgIpc) is 3.58. The molecule has 522 valence electrons. The van der Waals surface area contributed by atoms with E-state index in [0.717, 1.165) is 44.9 Å². The van der Waals surface area contributed by atoms with Crippen molar-refractivity contribution in [2.75, 3.05) is 13.2 Å². The molecular weight excluding hydrogens is 1080 g/mol. The van der Waals surface area contributed by atoms with E-state index in [1.807, 2.05) is 0 Å².